The standard InChI is InChI=1S/C17H21ClN2O/c1-11(2)19-9-14-10-20-13(4)7-17(14)21-16-8-15(18)6-5-12(16)3/h5-8,10-11,19H,9H2,1-4H3. The third-order valence-electron chi connectivity index (χ3n) is 3.15. The summed E-state index contributed by atoms with van der Waals surface area (Å²) >= 11 is 6.05. The summed E-state index contributed by atoms with van der Waals surface area (Å²) in [5.41, 5.74) is 3.02. The molecule has 1 N–H and O–H groups in total. The van der Waals surface area contributed by atoms with Crippen LogP contribution in [0, 0.1) is 13.8 Å². The zero-order chi connectivity index (χ0) is 15.4. The molecule has 0 atom stereocenters. The molecule has 0 saturated carbocycles. The molecular weight excluding hydrogens is 284 g/mol. The van der Waals surface area contributed by atoms with E-state index in [-0.39, 0.29) is 0 Å². The van der Waals surface area contributed by atoms with Crippen molar-refractivity contribution >= 4 is 11.6 Å². The number of nitrogens with zero attached hydrogens (tertiary/aromatic N) is 1. The van der Waals surface area contributed by atoms with E-state index in [1.165, 1.54) is 0 Å². The maximum atomic E-state index is 6.07. The highest BCUT2D eigenvalue weighted by molar-refractivity contribution is 6.30. The molecule has 1 aromatic carbocycles. The lowest BCUT2D eigenvalue weighted by atomic mass is 10.2. The Morgan fingerprint density at radius 3 is 2.67 bits per heavy atom. The Morgan fingerprint density at radius 2 is 1.95 bits per heavy atom. The van der Waals surface area contributed by atoms with Gasteiger partial charge in [-0.15, -0.1) is 0 Å². The monoisotopic (exact) mass is 304 g/mol. The van der Waals surface area contributed by atoms with E-state index in [0.29, 0.717) is 11.1 Å². The Kier molecular flexibility index (Phi) is 5.21. The Hall–Kier alpha value is -1.58. The summed E-state index contributed by atoms with van der Waals surface area (Å²) in [6.07, 6.45) is 1.86. The van der Waals surface area contributed by atoms with Gasteiger partial charge in [0.2, 0.25) is 0 Å². The molecule has 1 aromatic heterocycles. The SMILES string of the molecule is Cc1cc(Oc2cc(Cl)ccc2C)c(CNC(C)C)cn1. The first-order valence-corrected chi connectivity index (χ1v) is 7.46. The lowest BCUT2D eigenvalue weighted by Crippen LogP contribution is -2.22. The Labute approximate surface area is 131 Å². The molecule has 2 aromatic rings. The van der Waals surface area contributed by atoms with Crippen LogP contribution in [0.5, 0.6) is 11.5 Å². The minimum absolute atomic E-state index is 0.409. The fraction of sp³-hybridized carbons (Fsp3) is 0.353. The number of benzene rings is 1. The van der Waals surface area contributed by atoms with Crippen LogP contribution in [0.1, 0.15) is 30.7 Å². The van der Waals surface area contributed by atoms with Crippen LogP contribution in [0.3, 0.4) is 0 Å². The van der Waals surface area contributed by atoms with Crippen molar-refractivity contribution in [3.8, 4) is 11.5 Å². The van der Waals surface area contributed by atoms with Crippen LogP contribution in [0.4, 0.5) is 0 Å². The number of nitrogens with one attached hydrogen (secondary N) is 1. The fourth-order valence-corrected chi connectivity index (χ4v) is 2.07. The minimum Gasteiger partial charge on any atom is -0.457 e. The Morgan fingerprint density at radius 1 is 1.19 bits per heavy atom. The van der Waals surface area contributed by atoms with Gasteiger partial charge in [-0.25, -0.2) is 0 Å². The average molecular weight is 305 g/mol. The molecule has 0 radical (unpaired) electrons. The van der Waals surface area contributed by atoms with E-state index >= 15 is 0 Å². The molecule has 0 aliphatic heterocycles. The number of rotatable bonds is 5. The van der Waals surface area contributed by atoms with Crippen LogP contribution in [0.25, 0.3) is 0 Å². The Bertz CT molecular complexity index is 626. The topological polar surface area (TPSA) is 34.1 Å². The fourth-order valence-electron chi connectivity index (χ4n) is 1.91. The first-order valence-electron chi connectivity index (χ1n) is 7.08. The zero-order valence-corrected chi connectivity index (χ0v) is 13.7. The molecule has 0 amide bonds. The normalized spacial score (nSPS) is 11.0. The molecule has 112 valence electrons. The number of pyridine rings is 1. The van der Waals surface area contributed by atoms with Gasteiger partial charge in [0, 0.05) is 41.1 Å². The summed E-state index contributed by atoms with van der Waals surface area (Å²) in [6.45, 7) is 8.91. The second kappa shape index (κ2) is 6.92. The predicted octanol–water partition coefficient (Wildman–Crippen LogP) is 4.64. The largest absolute Gasteiger partial charge is 0.457 e. The molecule has 21 heavy (non-hydrogen) atoms. The van der Waals surface area contributed by atoms with Crippen molar-refractivity contribution in [3.05, 3.63) is 52.3 Å². The summed E-state index contributed by atoms with van der Waals surface area (Å²) in [5.74, 6) is 1.60. The van der Waals surface area contributed by atoms with E-state index in [2.05, 4.69) is 24.1 Å². The molecule has 0 fully saturated rings. The number of hydrogen-bond acceptors (Lipinski definition) is 3. The van der Waals surface area contributed by atoms with Gasteiger partial charge in [0.05, 0.1) is 0 Å². The lowest BCUT2D eigenvalue weighted by molar-refractivity contribution is 0.464. The van der Waals surface area contributed by atoms with Crippen molar-refractivity contribution in [2.24, 2.45) is 0 Å². The maximum Gasteiger partial charge on any atom is 0.135 e. The van der Waals surface area contributed by atoms with Crippen LogP contribution < -0.4 is 10.1 Å². The molecule has 0 spiro atoms. The van der Waals surface area contributed by atoms with E-state index in [4.69, 9.17) is 16.3 Å². The van der Waals surface area contributed by atoms with E-state index in [1.54, 1.807) is 0 Å². The molecule has 2 rings (SSSR count). The summed E-state index contributed by atoms with van der Waals surface area (Å²) in [7, 11) is 0. The highest BCUT2D eigenvalue weighted by Gasteiger charge is 2.09. The molecule has 0 bridgehead atoms. The van der Waals surface area contributed by atoms with E-state index in [1.807, 2.05) is 44.3 Å². The predicted molar refractivity (Wildman–Crippen MR) is 87.2 cm³/mol. The second-order valence-electron chi connectivity index (χ2n) is 5.48. The molecule has 1 heterocycles. The summed E-state index contributed by atoms with van der Waals surface area (Å²) in [5, 5.41) is 4.06. The van der Waals surface area contributed by atoms with Gasteiger partial charge in [-0.05, 0) is 31.5 Å². The van der Waals surface area contributed by atoms with Crippen molar-refractivity contribution in [1.82, 2.24) is 10.3 Å². The number of halogens is 1. The van der Waals surface area contributed by atoms with Crippen LogP contribution in [0.15, 0.2) is 30.5 Å². The quantitative estimate of drug-likeness (QED) is 0.873. The summed E-state index contributed by atoms with van der Waals surface area (Å²) in [6, 6.07) is 8.02. The van der Waals surface area contributed by atoms with Crippen molar-refractivity contribution in [1.29, 1.82) is 0 Å². The van der Waals surface area contributed by atoms with Crippen molar-refractivity contribution in [3.63, 3.8) is 0 Å². The van der Waals surface area contributed by atoms with Gasteiger partial charge >= 0.3 is 0 Å². The van der Waals surface area contributed by atoms with Gasteiger partial charge in [0.25, 0.3) is 0 Å². The number of hydrogen-bond donors (Lipinski definition) is 1. The first-order chi connectivity index (χ1) is 9.95. The molecule has 0 aliphatic carbocycles. The molecule has 4 heteroatoms. The molecule has 0 aliphatic rings. The maximum absolute atomic E-state index is 6.07. The Balaban J connectivity index is 2.29. The molecule has 0 saturated heterocycles. The van der Waals surface area contributed by atoms with Gasteiger partial charge in [-0.2, -0.15) is 0 Å². The zero-order valence-electron chi connectivity index (χ0n) is 12.9. The molecule has 3 nitrogen and oxygen atoms in total. The van der Waals surface area contributed by atoms with Gasteiger partial charge in [0.1, 0.15) is 11.5 Å². The minimum atomic E-state index is 0.409. The van der Waals surface area contributed by atoms with Crippen LogP contribution in [-0.4, -0.2) is 11.0 Å². The summed E-state index contributed by atoms with van der Waals surface area (Å²) in [4.78, 5) is 4.35. The molecular formula is C17H21ClN2O. The van der Waals surface area contributed by atoms with E-state index < -0.39 is 0 Å². The van der Waals surface area contributed by atoms with Crippen LogP contribution in [-0.2, 0) is 6.54 Å². The third-order valence-corrected chi connectivity index (χ3v) is 3.39. The molecule has 0 unspecified atom stereocenters. The number of aromatic nitrogens is 1. The summed E-state index contributed by atoms with van der Waals surface area (Å²) < 4.78 is 6.07. The van der Waals surface area contributed by atoms with E-state index in [9.17, 15) is 0 Å². The smallest absolute Gasteiger partial charge is 0.135 e. The van der Waals surface area contributed by atoms with Crippen molar-refractivity contribution < 1.29 is 4.74 Å². The van der Waals surface area contributed by atoms with Crippen molar-refractivity contribution in [2.45, 2.75) is 40.3 Å². The van der Waals surface area contributed by atoms with Gasteiger partial charge in [-0.1, -0.05) is 31.5 Å². The van der Waals surface area contributed by atoms with Crippen molar-refractivity contribution in [2.75, 3.05) is 0 Å². The van der Waals surface area contributed by atoms with Gasteiger partial charge < -0.3 is 10.1 Å². The first kappa shape index (κ1) is 15.8. The van der Waals surface area contributed by atoms with E-state index in [0.717, 1.165) is 34.9 Å². The van der Waals surface area contributed by atoms with Crippen LogP contribution >= 0.6 is 11.6 Å². The second-order valence-corrected chi connectivity index (χ2v) is 5.92. The average Bonchev–Trinajstić information content (AvgIpc) is 2.42. The highest BCUT2D eigenvalue weighted by atomic mass is 35.5. The van der Waals surface area contributed by atoms with Gasteiger partial charge in [-0.3, -0.25) is 4.98 Å². The lowest BCUT2D eigenvalue weighted by Gasteiger charge is -2.15. The van der Waals surface area contributed by atoms with Crippen LogP contribution in [0.2, 0.25) is 5.02 Å². The number of ether oxygens (including phenoxy) is 1. The highest BCUT2D eigenvalue weighted by Crippen LogP contribution is 2.30. The third kappa shape index (κ3) is 4.45. The van der Waals surface area contributed by atoms with Gasteiger partial charge in [0.15, 0.2) is 0 Å². The number of aryl methyl sites for hydroxylation is 2.